The van der Waals surface area contributed by atoms with Crippen LogP contribution >= 0.6 is 0 Å². The van der Waals surface area contributed by atoms with Crippen molar-refractivity contribution >= 4 is 17.9 Å². The average Bonchev–Trinajstić information content (AvgIpc) is 3.78. The standard InChI is InChI=1S/C41H52FN9O5/c1-4-56-38(52)17-21-49-24-26-50(27-25-49)40(54)44-41(33-8-6-5-7-9-33)18-22-48(23-19-41)20-16-32(31-10-12-34(42)13-11-31)29-47(2)39(53)36-28-35(14-15-37(36)55-3)51-30-43-45-46-51/h5-15,28,30,32H,4,16-27,29H2,1-3H3,(H,44,54). The van der Waals surface area contributed by atoms with Crippen molar-refractivity contribution in [3.05, 3.63) is 102 Å². The van der Waals surface area contributed by atoms with Crippen molar-refractivity contribution in [1.29, 1.82) is 0 Å². The predicted molar refractivity (Wildman–Crippen MR) is 208 cm³/mol. The number of nitrogens with one attached hydrogen (secondary N) is 1. The number of hydrogen-bond acceptors (Lipinski definition) is 10. The highest BCUT2D eigenvalue weighted by Crippen LogP contribution is 2.34. The molecule has 1 N–H and O–H groups in total. The van der Waals surface area contributed by atoms with Gasteiger partial charge < -0.3 is 29.5 Å². The average molecular weight is 770 g/mol. The normalized spacial score (nSPS) is 16.5. The van der Waals surface area contributed by atoms with Crippen molar-refractivity contribution in [3.8, 4) is 11.4 Å². The molecule has 2 aliphatic heterocycles. The molecule has 0 radical (unpaired) electrons. The Morgan fingerprint density at radius 1 is 0.929 bits per heavy atom. The minimum Gasteiger partial charge on any atom is -0.496 e. The lowest BCUT2D eigenvalue weighted by Gasteiger charge is -2.45. The summed E-state index contributed by atoms with van der Waals surface area (Å²) in [5.41, 5.74) is 2.52. The summed E-state index contributed by atoms with van der Waals surface area (Å²) in [6, 6.07) is 21.9. The summed E-state index contributed by atoms with van der Waals surface area (Å²) in [7, 11) is 3.29. The van der Waals surface area contributed by atoms with Crippen LogP contribution in [0.25, 0.3) is 5.69 Å². The van der Waals surface area contributed by atoms with E-state index in [1.165, 1.54) is 30.3 Å². The van der Waals surface area contributed by atoms with Crippen LogP contribution in [0.4, 0.5) is 9.18 Å². The van der Waals surface area contributed by atoms with Gasteiger partial charge in [-0.2, -0.15) is 0 Å². The molecule has 1 unspecified atom stereocenters. The monoisotopic (exact) mass is 769 g/mol. The van der Waals surface area contributed by atoms with E-state index in [9.17, 15) is 18.8 Å². The molecular formula is C41H52FN9O5. The second-order valence-corrected chi connectivity index (χ2v) is 14.5. The second-order valence-electron chi connectivity index (χ2n) is 14.5. The smallest absolute Gasteiger partial charge is 0.318 e. The number of amides is 3. The number of carbonyl (C=O) groups excluding carboxylic acids is 3. The van der Waals surface area contributed by atoms with E-state index >= 15 is 0 Å². The van der Waals surface area contributed by atoms with Crippen LogP contribution in [0.5, 0.6) is 5.75 Å². The number of piperazine rings is 1. The van der Waals surface area contributed by atoms with Crippen molar-refractivity contribution in [2.24, 2.45) is 0 Å². The van der Waals surface area contributed by atoms with E-state index in [1.807, 2.05) is 23.1 Å². The Labute approximate surface area is 327 Å². The minimum absolute atomic E-state index is 0.0726. The van der Waals surface area contributed by atoms with Crippen molar-refractivity contribution in [2.45, 2.75) is 44.1 Å². The molecule has 3 amide bonds. The van der Waals surface area contributed by atoms with Crippen LogP contribution in [0.3, 0.4) is 0 Å². The van der Waals surface area contributed by atoms with E-state index in [1.54, 1.807) is 49.2 Å². The molecule has 3 heterocycles. The summed E-state index contributed by atoms with van der Waals surface area (Å²) < 4.78 is 26.1. The van der Waals surface area contributed by atoms with E-state index in [-0.39, 0.29) is 29.6 Å². The molecule has 15 heteroatoms. The number of methoxy groups -OCH3 is 1. The molecule has 2 saturated heterocycles. The molecule has 0 spiro atoms. The van der Waals surface area contributed by atoms with Gasteiger partial charge in [0.15, 0.2) is 0 Å². The Morgan fingerprint density at radius 3 is 2.30 bits per heavy atom. The van der Waals surface area contributed by atoms with E-state index in [4.69, 9.17) is 9.47 Å². The minimum atomic E-state index is -0.519. The fourth-order valence-electron chi connectivity index (χ4n) is 7.68. The molecule has 1 atom stereocenters. The van der Waals surface area contributed by atoms with Crippen LogP contribution in [-0.2, 0) is 15.1 Å². The van der Waals surface area contributed by atoms with E-state index < -0.39 is 5.54 Å². The molecule has 56 heavy (non-hydrogen) atoms. The summed E-state index contributed by atoms with van der Waals surface area (Å²) >= 11 is 0. The quantitative estimate of drug-likeness (QED) is 0.174. The fraction of sp³-hybridized carbons (Fsp3) is 0.463. The van der Waals surface area contributed by atoms with Crippen LogP contribution in [0.2, 0.25) is 0 Å². The van der Waals surface area contributed by atoms with Gasteiger partial charge in [-0.25, -0.2) is 13.9 Å². The zero-order chi connectivity index (χ0) is 39.5. The SMILES string of the molecule is CCOC(=O)CCN1CCN(C(=O)NC2(c3ccccc3)CCN(CCC(CN(C)C(=O)c3cc(-n4cnnn4)ccc3OC)c3ccc(F)cc3)CC2)CC1. The Kier molecular flexibility index (Phi) is 13.6. The first kappa shape index (κ1) is 40.3. The number of carbonyl (C=O) groups is 3. The van der Waals surface area contributed by atoms with Crippen LogP contribution in [-0.4, -0.2) is 137 Å². The summed E-state index contributed by atoms with van der Waals surface area (Å²) in [6.07, 6.45) is 4.01. The molecule has 298 valence electrons. The third-order valence-corrected chi connectivity index (χ3v) is 11.0. The maximum absolute atomic E-state index is 14.0. The number of nitrogens with zero attached hydrogens (tertiary/aromatic N) is 8. The number of benzene rings is 3. The van der Waals surface area contributed by atoms with E-state index in [0.29, 0.717) is 69.3 Å². The first-order valence-corrected chi connectivity index (χ1v) is 19.3. The lowest BCUT2D eigenvalue weighted by atomic mass is 9.80. The maximum Gasteiger partial charge on any atom is 0.318 e. The van der Waals surface area contributed by atoms with Gasteiger partial charge in [0.05, 0.1) is 36.9 Å². The topological polar surface area (TPSA) is 138 Å². The maximum atomic E-state index is 14.0. The third kappa shape index (κ3) is 10.1. The first-order valence-electron chi connectivity index (χ1n) is 19.3. The molecular weight excluding hydrogens is 718 g/mol. The zero-order valence-corrected chi connectivity index (χ0v) is 32.5. The highest BCUT2D eigenvalue weighted by Gasteiger charge is 2.39. The summed E-state index contributed by atoms with van der Waals surface area (Å²) in [6.45, 7) is 8.08. The van der Waals surface area contributed by atoms with Gasteiger partial charge in [0.1, 0.15) is 17.9 Å². The molecule has 1 aromatic heterocycles. The highest BCUT2D eigenvalue weighted by atomic mass is 19.1. The molecule has 4 aromatic rings. The van der Waals surface area contributed by atoms with Crippen LogP contribution < -0.4 is 10.1 Å². The number of urea groups is 1. The second kappa shape index (κ2) is 19.0. The Bertz CT molecular complexity index is 1880. The number of likely N-dealkylation sites (tertiary alicyclic amines) is 1. The van der Waals surface area contributed by atoms with E-state index in [2.05, 4.69) is 42.8 Å². The molecule has 3 aromatic carbocycles. The third-order valence-electron chi connectivity index (χ3n) is 11.0. The number of hydrogen-bond donors (Lipinski definition) is 1. The molecule has 0 saturated carbocycles. The lowest BCUT2D eigenvalue weighted by Crippen LogP contribution is -2.59. The van der Waals surface area contributed by atoms with Gasteiger partial charge in [0, 0.05) is 65.3 Å². The van der Waals surface area contributed by atoms with Gasteiger partial charge in [-0.15, -0.1) is 5.10 Å². The zero-order valence-electron chi connectivity index (χ0n) is 32.5. The largest absolute Gasteiger partial charge is 0.496 e. The van der Waals surface area contributed by atoms with Crippen molar-refractivity contribution < 1.29 is 28.2 Å². The molecule has 2 aliphatic rings. The number of tetrazole rings is 1. The summed E-state index contributed by atoms with van der Waals surface area (Å²) in [4.78, 5) is 47.7. The molecule has 14 nitrogen and oxygen atoms in total. The van der Waals surface area contributed by atoms with Crippen molar-refractivity contribution in [2.75, 3.05) is 79.7 Å². The molecule has 6 rings (SSSR count). The number of halogens is 1. The predicted octanol–water partition coefficient (Wildman–Crippen LogP) is 4.33. The van der Waals surface area contributed by atoms with Gasteiger partial charge in [-0.1, -0.05) is 42.5 Å². The number of aromatic nitrogens is 4. The Hall–Kier alpha value is -5.41. The van der Waals surface area contributed by atoms with Crippen molar-refractivity contribution in [1.82, 2.24) is 45.1 Å². The molecule has 2 fully saturated rings. The van der Waals surface area contributed by atoms with Gasteiger partial charge in [0.25, 0.3) is 5.91 Å². The number of piperidine rings is 1. The van der Waals surface area contributed by atoms with Gasteiger partial charge >= 0.3 is 12.0 Å². The lowest BCUT2D eigenvalue weighted by molar-refractivity contribution is -0.143. The number of esters is 1. The summed E-state index contributed by atoms with van der Waals surface area (Å²) in [5.74, 6) is -0.364. The van der Waals surface area contributed by atoms with Gasteiger partial charge in [0.2, 0.25) is 0 Å². The van der Waals surface area contributed by atoms with Crippen LogP contribution in [0.1, 0.15) is 60.0 Å². The first-order chi connectivity index (χ1) is 27.2. The Balaban J connectivity index is 1.09. The molecule has 0 bridgehead atoms. The number of rotatable bonds is 15. The highest BCUT2D eigenvalue weighted by molar-refractivity contribution is 5.97. The fourth-order valence-corrected chi connectivity index (χ4v) is 7.68. The van der Waals surface area contributed by atoms with Gasteiger partial charge in [-0.05, 0) is 84.6 Å². The number of ether oxygens (including phenoxy) is 2. The van der Waals surface area contributed by atoms with Gasteiger partial charge in [-0.3, -0.25) is 14.5 Å². The number of likely N-dealkylation sites (N-methyl/N-ethyl adjacent to an activating group) is 1. The summed E-state index contributed by atoms with van der Waals surface area (Å²) in [5, 5.41) is 14.8. The van der Waals surface area contributed by atoms with E-state index in [0.717, 1.165) is 50.0 Å². The van der Waals surface area contributed by atoms with Crippen molar-refractivity contribution in [3.63, 3.8) is 0 Å². The van der Waals surface area contributed by atoms with Crippen LogP contribution in [0.15, 0.2) is 79.1 Å². The molecule has 0 aliphatic carbocycles. The van der Waals surface area contributed by atoms with Crippen LogP contribution in [0, 0.1) is 5.82 Å². The Morgan fingerprint density at radius 2 is 1.64 bits per heavy atom.